The monoisotopic (exact) mass is 276 g/mol. The molecule has 0 aliphatic carbocycles. The Hall–Kier alpha value is -2.83. The number of rotatable bonds is 4. The van der Waals surface area contributed by atoms with Gasteiger partial charge in [0.05, 0.1) is 26.0 Å². The van der Waals surface area contributed by atoms with E-state index in [1.165, 1.54) is 18.9 Å². The second-order valence-corrected chi connectivity index (χ2v) is 3.81. The maximum Gasteiger partial charge on any atom is 0.360 e. The van der Waals surface area contributed by atoms with Crippen molar-refractivity contribution >= 4 is 5.97 Å². The number of carboxylic acids is 1. The Morgan fingerprint density at radius 2 is 1.85 bits per heavy atom. The van der Waals surface area contributed by atoms with Gasteiger partial charge in [-0.2, -0.15) is 5.10 Å². The summed E-state index contributed by atoms with van der Waals surface area (Å²) in [6.45, 7) is 0. The molecule has 2 rings (SSSR count). The summed E-state index contributed by atoms with van der Waals surface area (Å²) in [7, 11) is 2.91. The highest BCUT2D eigenvalue weighted by Gasteiger charge is 2.15. The van der Waals surface area contributed by atoms with Crippen molar-refractivity contribution in [2.75, 3.05) is 14.2 Å². The normalized spacial score (nSPS) is 10.1. The zero-order valence-electron chi connectivity index (χ0n) is 10.9. The molecule has 0 saturated heterocycles. The van der Waals surface area contributed by atoms with Crippen LogP contribution in [0.15, 0.2) is 35.1 Å². The second-order valence-electron chi connectivity index (χ2n) is 3.81. The predicted octanol–water partition coefficient (Wildman–Crippen LogP) is 0.948. The van der Waals surface area contributed by atoms with Gasteiger partial charge in [0.25, 0.3) is 0 Å². The van der Waals surface area contributed by atoms with Crippen molar-refractivity contribution in [1.29, 1.82) is 0 Å². The van der Waals surface area contributed by atoms with E-state index in [9.17, 15) is 9.59 Å². The first-order valence-electron chi connectivity index (χ1n) is 5.63. The van der Waals surface area contributed by atoms with Crippen LogP contribution in [0.25, 0.3) is 5.69 Å². The highest BCUT2D eigenvalue weighted by Crippen LogP contribution is 2.18. The number of nitrogens with zero attached hydrogens (tertiary/aromatic N) is 2. The largest absolute Gasteiger partial charge is 0.497 e. The number of aromatic carboxylic acids is 1. The molecule has 0 radical (unpaired) electrons. The summed E-state index contributed by atoms with van der Waals surface area (Å²) in [5.41, 5.74) is -0.731. The molecule has 0 spiro atoms. The lowest BCUT2D eigenvalue weighted by atomic mass is 10.3. The molecule has 1 heterocycles. The highest BCUT2D eigenvalue weighted by atomic mass is 16.5. The molecule has 1 aromatic heterocycles. The molecule has 0 amide bonds. The standard InChI is InChI=1S/C13H12N2O5/c1-19-9-5-3-8(4-6-9)15-11(20-2)7-10(16)12(14-15)13(17)18/h3-7H,1-2H3,(H,17,18). The first-order valence-corrected chi connectivity index (χ1v) is 5.63. The van der Waals surface area contributed by atoms with Crippen LogP contribution in [-0.4, -0.2) is 35.1 Å². The van der Waals surface area contributed by atoms with Crippen molar-refractivity contribution in [2.45, 2.75) is 0 Å². The molecular weight excluding hydrogens is 264 g/mol. The molecule has 0 saturated carbocycles. The van der Waals surface area contributed by atoms with Crippen molar-refractivity contribution in [3.63, 3.8) is 0 Å². The van der Waals surface area contributed by atoms with E-state index in [0.717, 1.165) is 6.07 Å². The Balaban J connectivity index is 2.61. The Morgan fingerprint density at radius 3 is 2.35 bits per heavy atom. The highest BCUT2D eigenvalue weighted by molar-refractivity contribution is 5.85. The van der Waals surface area contributed by atoms with Crippen LogP contribution in [0.4, 0.5) is 0 Å². The lowest BCUT2D eigenvalue weighted by molar-refractivity contribution is 0.0686. The Labute approximate surface area is 114 Å². The fourth-order valence-electron chi connectivity index (χ4n) is 1.64. The maximum atomic E-state index is 11.6. The molecule has 0 unspecified atom stereocenters. The summed E-state index contributed by atoms with van der Waals surface area (Å²) in [6, 6.07) is 7.81. The van der Waals surface area contributed by atoms with Gasteiger partial charge < -0.3 is 14.6 Å². The van der Waals surface area contributed by atoms with Gasteiger partial charge in [-0.25, -0.2) is 9.48 Å². The SMILES string of the molecule is COc1ccc(-n2nc(C(=O)O)c(=O)cc2OC)cc1. The van der Waals surface area contributed by atoms with Crippen molar-refractivity contribution in [2.24, 2.45) is 0 Å². The van der Waals surface area contributed by atoms with Gasteiger partial charge in [0.1, 0.15) is 5.75 Å². The molecule has 1 aromatic carbocycles. The number of benzene rings is 1. The zero-order chi connectivity index (χ0) is 14.7. The molecule has 0 aliphatic rings. The van der Waals surface area contributed by atoms with Gasteiger partial charge in [-0.15, -0.1) is 0 Å². The molecule has 7 nitrogen and oxygen atoms in total. The average Bonchev–Trinajstić information content (AvgIpc) is 2.46. The first kappa shape index (κ1) is 13.6. The number of hydrogen-bond donors (Lipinski definition) is 1. The molecule has 20 heavy (non-hydrogen) atoms. The summed E-state index contributed by atoms with van der Waals surface area (Å²) in [4.78, 5) is 22.5. The molecule has 0 fully saturated rings. The molecule has 0 atom stereocenters. The van der Waals surface area contributed by atoms with Crippen molar-refractivity contribution in [1.82, 2.24) is 9.78 Å². The van der Waals surface area contributed by atoms with Crippen LogP contribution < -0.4 is 14.9 Å². The van der Waals surface area contributed by atoms with Gasteiger partial charge in [-0.3, -0.25) is 4.79 Å². The van der Waals surface area contributed by atoms with E-state index in [1.54, 1.807) is 24.3 Å². The van der Waals surface area contributed by atoms with Gasteiger partial charge >= 0.3 is 5.97 Å². The number of ether oxygens (including phenoxy) is 2. The van der Waals surface area contributed by atoms with Crippen LogP contribution >= 0.6 is 0 Å². The fraction of sp³-hybridized carbons (Fsp3) is 0.154. The van der Waals surface area contributed by atoms with E-state index < -0.39 is 17.1 Å². The van der Waals surface area contributed by atoms with Crippen molar-refractivity contribution in [3.05, 3.63) is 46.2 Å². The number of methoxy groups -OCH3 is 2. The molecule has 2 aromatic rings. The lowest BCUT2D eigenvalue weighted by Crippen LogP contribution is -2.22. The van der Waals surface area contributed by atoms with Gasteiger partial charge in [-0.1, -0.05) is 0 Å². The Kier molecular flexibility index (Phi) is 3.69. The number of aromatic nitrogens is 2. The van der Waals surface area contributed by atoms with Crippen LogP contribution in [0, 0.1) is 0 Å². The molecular formula is C13H12N2O5. The van der Waals surface area contributed by atoms with Crippen LogP contribution in [0.2, 0.25) is 0 Å². The second kappa shape index (κ2) is 5.43. The summed E-state index contributed by atoms with van der Waals surface area (Å²) in [5, 5.41) is 12.8. The van der Waals surface area contributed by atoms with E-state index in [2.05, 4.69) is 5.10 Å². The van der Waals surface area contributed by atoms with Crippen LogP contribution in [-0.2, 0) is 0 Å². The number of carboxylic acid groups (broad SMARTS) is 1. The van der Waals surface area contributed by atoms with Gasteiger partial charge in [0.15, 0.2) is 0 Å². The Morgan fingerprint density at radius 1 is 1.20 bits per heavy atom. The van der Waals surface area contributed by atoms with E-state index >= 15 is 0 Å². The number of carbonyl (C=O) groups is 1. The summed E-state index contributed by atoms with van der Waals surface area (Å²) >= 11 is 0. The topological polar surface area (TPSA) is 90.7 Å². The minimum Gasteiger partial charge on any atom is -0.497 e. The van der Waals surface area contributed by atoms with Crippen LogP contribution in [0.3, 0.4) is 0 Å². The number of hydrogen-bond acceptors (Lipinski definition) is 5. The van der Waals surface area contributed by atoms with Gasteiger partial charge in [0, 0.05) is 0 Å². The van der Waals surface area contributed by atoms with E-state index in [0.29, 0.717) is 11.4 Å². The van der Waals surface area contributed by atoms with Crippen LogP contribution in [0.5, 0.6) is 11.6 Å². The van der Waals surface area contributed by atoms with Gasteiger partial charge in [-0.05, 0) is 24.3 Å². The third-order valence-corrected chi connectivity index (χ3v) is 2.63. The summed E-state index contributed by atoms with van der Waals surface area (Å²) in [6.07, 6.45) is 0. The minimum atomic E-state index is -1.39. The summed E-state index contributed by atoms with van der Waals surface area (Å²) in [5.74, 6) is -0.600. The zero-order valence-corrected chi connectivity index (χ0v) is 10.9. The Bertz CT molecular complexity index is 691. The fourth-order valence-corrected chi connectivity index (χ4v) is 1.64. The quantitative estimate of drug-likeness (QED) is 0.894. The maximum absolute atomic E-state index is 11.6. The van der Waals surface area contributed by atoms with E-state index in [4.69, 9.17) is 14.6 Å². The molecule has 104 valence electrons. The predicted molar refractivity (Wildman–Crippen MR) is 69.9 cm³/mol. The molecule has 0 bridgehead atoms. The summed E-state index contributed by atoms with van der Waals surface area (Å²) < 4.78 is 11.3. The molecule has 7 heteroatoms. The average molecular weight is 276 g/mol. The molecule has 1 N–H and O–H groups in total. The first-order chi connectivity index (χ1) is 9.56. The van der Waals surface area contributed by atoms with Crippen molar-refractivity contribution in [3.8, 4) is 17.3 Å². The lowest BCUT2D eigenvalue weighted by Gasteiger charge is -2.11. The molecule has 0 aliphatic heterocycles. The van der Waals surface area contributed by atoms with Gasteiger partial charge in [0.2, 0.25) is 17.0 Å². The van der Waals surface area contributed by atoms with E-state index in [1.807, 2.05) is 0 Å². The van der Waals surface area contributed by atoms with E-state index in [-0.39, 0.29) is 5.88 Å². The van der Waals surface area contributed by atoms with Crippen LogP contribution in [0.1, 0.15) is 10.5 Å². The minimum absolute atomic E-state index is 0.144. The van der Waals surface area contributed by atoms with Crippen molar-refractivity contribution < 1.29 is 19.4 Å². The smallest absolute Gasteiger partial charge is 0.360 e. The third-order valence-electron chi connectivity index (χ3n) is 2.63. The third kappa shape index (κ3) is 2.46.